The molecule has 1 saturated heterocycles. The number of nitrogens with zero attached hydrogens (tertiary/aromatic N) is 2. The van der Waals surface area contributed by atoms with Gasteiger partial charge < -0.3 is 14.5 Å². The Bertz CT molecular complexity index is 752. The number of aryl methyl sites for hydroxylation is 1. The lowest BCUT2D eigenvalue weighted by Gasteiger charge is -2.36. The van der Waals surface area contributed by atoms with Crippen molar-refractivity contribution in [3.05, 3.63) is 46.8 Å². The summed E-state index contributed by atoms with van der Waals surface area (Å²) in [6.45, 7) is 4.73. The van der Waals surface area contributed by atoms with E-state index in [0.29, 0.717) is 23.7 Å². The van der Waals surface area contributed by atoms with Crippen molar-refractivity contribution in [1.29, 1.82) is 0 Å². The lowest BCUT2D eigenvalue weighted by molar-refractivity contribution is 0.0602. The largest absolute Gasteiger partial charge is 0.465 e. The maximum Gasteiger partial charge on any atom is 0.340 e. The van der Waals surface area contributed by atoms with Crippen molar-refractivity contribution >= 4 is 34.0 Å². The van der Waals surface area contributed by atoms with Gasteiger partial charge in [-0.15, -0.1) is 11.3 Å². The van der Waals surface area contributed by atoms with Crippen molar-refractivity contribution < 1.29 is 14.3 Å². The van der Waals surface area contributed by atoms with Crippen LogP contribution in [0.25, 0.3) is 0 Å². The Hall–Kier alpha value is -2.54. The third kappa shape index (κ3) is 3.93. The van der Waals surface area contributed by atoms with Gasteiger partial charge in [-0.3, -0.25) is 5.32 Å². The lowest BCUT2D eigenvalue weighted by Crippen LogP contribution is -2.50. The molecular weight excluding hydrogens is 338 g/mol. The molecule has 0 radical (unpaired) electrons. The van der Waals surface area contributed by atoms with E-state index in [9.17, 15) is 9.59 Å². The molecule has 1 aliphatic rings. The number of amides is 2. The number of hydrogen-bond donors (Lipinski definition) is 1. The van der Waals surface area contributed by atoms with Crippen LogP contribution in [0.3, 0.4) is 0 Å². The van der Waals surface area contributed by atoms with E-state index in [4.69, 9.17) is 4.74 Å². The molecule has 2 heterocycles. The molecule has 1 N–H and O–H groups in total. The predicted molar refractivity (Wildman–Crippen MR) is 99.6 cm³/mol. The molecule has 132 valence electrons. The van der Waals surface area contributed by atoms with E-state index < -0.39 is 5.97 Å². The van der Waals surface area contributed by atoms with E-state index in [-0.39, 0.29) is 6.03 Å². The second kappa shape index (κ2) is 7.57. The number of nitrogens with one attached hydrogen (secondary N) is 1. The number of anilines is 2. The van der Waals surface area contributed by atoms with Crippen molar-refractivity contribution in [3.8, 4) is 0 Å². The van der Waals surface area contributed by atoms with Crippen molar-refractivity contribution in [2.45, 2.75) is 6.92 Å². The summed E-state index contributed by atoms with van der Waals surface area (Å²) >= 11 is 1.38. The van der Waals surface area contributed by atoms with Gasteiger partial charge in [0, 0.05) is 36.7 Å². The molecule has 0 saturated carbocycles. The molecule has 0 bridgehead atoms. The van der Waals surface area contributed by atoms with Crippen LogP contribution in [0.2, 0.25) is 0 Å². The number of rotatable bonds is 3. The minimum Gasteiger partial charge on any atom is -0.465 e. The topological polar surface area (TPSA) is 61.9 Å². The maximum absolute atomic E-state index is 12.5. The SMILES string of the molecule is COC(=O)c1cc(C)sc1NC(=O)N1CCN(c2ccccc2)CC1. The quantitative estimate of drug-likeness (QED) is 0.855. The van der Waals surface area contributed by atoms with E-state index in [0.717, 1.165) is 18.0 Å². The van der Waals surface area contributed by atoms with Crippen molar-refractivity contribution in [1.82, 2.24) is 4.90 Å². The van der Waals surface area contributed by atoms with Crippen LogP contribution in [0.5, 0.6) is 0 Å². The fourth-order valence-electron chi connectivity index (χ4n) is 2.85. The number of methoxy groups -OCH3 is 1. The Kier molecular flexibility index (Phi) is 5.23. The summed E-state index contributed by atoms with van der Waals surface area (Å²) in [5.41, 5.74) is 1.57. The Balaban J connectivity index is 1.61. The fourth-order valence-corrected chi connectivity index (χ4v) is 3.74. The van der Waals surface area contributed by atoms with E-state index in [1.54, 1.807) is 11.0 Å². The number of carbonyl (C=O) groups is 2. The molecular formula is C18H21N3O3S. The minimum atomic E-state index is -0.437. The van der Waals surface area contributed by atoms with Gasteiger partial charge in [-0.25, -0.2) is 9.59 Å². The van der Waals surface area contributed by atoms with Gasteiger partial charge in [0.2, 0.25) is 0 Å². The van der Waals surface area contributed by atoms with Crippen LogP contribution >= 0.6 is 11.3 Å². The number of para-hydroxylation sites is 1. The predicted octanol–water partition coefficient (Wildman–Crippen LogP) is 3.20. The highest BCUT2D eigenvalue weighted by molar-refractivity contribution is 7.16. The number of piperazine rings is 1. The number of ether oxygens (including phenoxy) is 1. The smallest absolute Gasteiger partial charge is 0.340 e. The normalized spacial score (nSPS) is 14.3. The van der Waals surface area contributed by atoms with Crippen molar-refractivity contribution in [2.75, 3.05) is 43.5 Å². The first-order valence-corrected chi connectivity index (χ1v) is 8.95. The number of thiophene rings is 1. The minimum absolute atomic E-state index is 0.181. The Morgan fingerprint density at radius 3 is 2.44 bits per heavy atom. The molecule has 0 atom stereocenters. The third-order valence-electron chi connectivity index (χ3n) is 4.17. The number of urea groups is 1. The first-order valence-electron chi connectivity index (χ1n) is 8.13. The Morgan fingerprint density at radius 2 is 1.80 bits per heavy atom. The average molecular weight is 359 g/mol. The van der Waals surface area contributed by atoms with Crippen LogP contribution in [0, 0.1) is 6.92 Å². The summed E-state index contributed by atoms with van der Waals surface area (Å²) in [5, 5.41) is 3.40. The molecule has 1 aliphatic heterocycles. The highest BCUT2D eigenvalue weighted by atomic mass is 32.1. The first kappa shape index (κ1) is 17.3. The molecule has 0 spiro atoms. The van der Waals surface area contributed by atoms with E-state index in [1.807, 2.05) is 25.1 Å². The maximum atomic E-state index is 12.5. The van der Waals surface area contributed by atoms with Crippen LogP contribution in [-0.2, 0) is 4.74 Å². The summed E-state index contributed by atoms with van der Waals surface area (Å²) in [5.74, 6) is -0.437. The van der Waals surface area contributed by atoms with E-state index in [1.165, 1.54) is 24.1 Å². The first-order chi connectivity index (χ1) is 12.1. The summed E-state index contributed by atoms with van der Waals surface area (Å²) < 4.78 is 4.78. The van der Waals surface area contributed by atoms with Gasteiger partial charge in [-0.05, 0) is 25.1 Å². The highest BCUT2D eigenvalue weighted by Gasteiger charge is 2.24. The Labute approximate surface area is 151 Å². The molecule has 2 amide bonds. The second-order valence-electron chi connectivity index (χ2n) is 5.83. The average Bonchev–Trinajstić information content (AvgIpc) is 3.02. The van der Waals surface area contributed by atoms with Crippen LogP contribution in [-0.4, -0.2) is 50.2 Å². The van der Waals surface area contributed by atoms with Gasteiger partial charge in [0.25, 0.3) is 0 Å². The molecule has 1 aromatic carbocycles. The van der Waals surface area contributed by atoms with Crippen molar-refractivity contribution in [3.63, 3.8) is 0 Å². The monoisotopic (exact) mass is 359 g/mol. The third-order valence-corrected chi connectivity index (χ3v) is 5.14. The lowest BCUT2D eigenvalue weighted by atomic mass is 10.2. The number of hydrogen-bond acceptors (Lipinski definition) is 5. The van der Waals surface area contributed by atoms with Gasteiger partial charge in [0.1, 0.15) is 5.00 Å². The van der Waals surface area contributed by atoms with E-state index >= 15 is 0 Å². The van der Waals surface area contributed by atoms with Gasteiger partial charge in [0.15, 0.2) is 0 Å². The zero-order valence-electron chi connectivity index (χ0n) is 14.3. The molecule has 0 aliphatic carbocycles. The van der Waals surface area contributed by atoms with Gasteiger partial charge >= 0.3 is 12.0 Å². The molecule has 25 heavy (non-hydrogen) atoms. The molecule has 7 heteroatoms. The molecule has 0 unspecified atom stereocenters. The van der Waals surface area contributed by atoms with E-state index in [2.05, 4.69) is 22.3 Å². The highest BCUT2D eigenvalue weighted by Crippen LogP contribution is 2.28. The second-order valence-corrected chi connectivity index (χ2v) is 7.09. The molecule has 1 aromatic heterocycles. The Morgan fingerprint density at radius 1 is 1.12 bits per heavy atom. The number of esters is 1. The molecule has 6 nitrogen and oxygen atoms in total. The zero-order valence-corrected chi connectivity index (χ0v) is 15.1. The van der Waals surface area contributed by atoms with Gasteiger partial charge in [0.05, 0.1) is 12.7 Å². The summed E-state index contributed by atoms with van der Waals surface area (Å²) in [6, 6.07) is 11.7. The number of carbonyl (C=O) groups excluding carboxylic acids is 2. The number of benzene rings is 1. The van der Waals surface area contributed by atoms with Crippen LogP contribution in [0.15, 0.2) is 36.4 Å². The summed E-state index contributed by atoms with van der Waals surface area (Å²) in [6.07, 6.45) is 0. The zero-order chi connectivity index (χ0) is 17.8. The van der Waals surface area contributed by atoms with Crippen LogP contribution in [0.4, 0.5) is 15.5 Å². The molecule has 2 aromatic rings. The molecule has 3 rings (SSSR count). The summed E-state index contributed by atoms with van der Waals surface area (Å²) in [7, 11) is 1.34. The fraction of sp³-hybridized carbons (Fsp3) is 0.333. The standard InChI is InChI=1S/C18H21N3O3S/c1-13-12-15(17(22)24-2)16(25-13)19-18(23)21-10-8-20(9-11-21)14-6-4-3-5-7-14/h3-7,12H,8-11H2,1-2H3,(H,19,23). The van der Waals surface area contributed by atoms with Gasteiger partial charge in [-0.2, -0.15) is 0 Å². The van der Waals surface area contributed by atoms with Crippen LogP contribution < -0.4 is 10.2 Å². The van der Waals surface area contributed by atoms with Gasteiger partial charge in [-0.1, -0.05) is 18.2 Å². The van der Waals surface area contributed by atoms with Crippen LogP contribution in [0.1, 0.15) is 15.2 Å². The summed E-state index contributed by atoms with van der Waals surface area (Å²) in [4.78, 5) is 29.3. The molecule has 1 fully saturated rings. The van der Waals surface area contributed by atoms with Crippen molar-refractivity contribution in [2.24, 2.45) is 0 Å².